The molecule has 1 fully saturated rings. The SMILES string of the molecule is Cc1cc(Nc2ccccc2C(=O)N2CCCCC2)ccn1. The Morgan fingerprint density at radius 1 is 1.14 bits per heavy atom. The number of rotatable bonds is 3. The summed E-state index contributed by atoms with van der Waals surface area (Å²) >= 11 is 0. The van der Waals surface area contributed by atoms with Crippen molar-refractivity contribution in [1.29, 1.82) is 0 Å². The molecule has 0 spiro atoms. The van der Waals surface area contributed by atoms with E-state index in [1.165, 1.54) is 6.42 Å². The van der Waals surface area contributed by atoms with E-state index < -0.39 is 0 Å². The molecule has 4 heteroatoms. The van der Waals surface area contributed by atoms with Gasteiger partial charge < -0.3 is 10.2 Å². The summed E-state index contributed by atoms with van der Waals surface area (Å²) in [6, 6.07) is 11.6. The van der Waals surface area contributed by atoms with Crippen molar-refractivity contribution in [2.24, 2.45) is 0 Å². The van der Waals surface area contributed by atoms with E-state index in [0.29, 0.717) is 0 Å². The van der Waals surface area contributed by atoms with Crippen molar-refractivity contribution in [3.63, 3.8) is 0 Å². The van der Waals surface area contributed by atoms with Crippen molar-refractivity contribution in [1.82, 2.24) is 9.88 Å². The third kappa shape index (κ3) is 3.27. The summed E-state index contributed by atoms with van der Waals surface area (Å²) < 4.78 is 0. The average molecular weight is 295 g/mol. The van der Waals surface area contributed by atoms with Crippen molar-refractivity contribution in [2.45, 2.75) is 26.2 Å². The number of carbonyl (C=O) groups excluding carboxylic acids is 1. The Morgan fingerprint density at radius 2 is 1.91 bits per heavy atom. The van der Waals surface area contributed by atoms with Gasteiger partial charge in [0, 0.05) is 30.7 Å². The number of aromatic nitrogens is 1. The van der Waals surface area contributed by atoms with Crippen LogP contribution < -0.4 is 5.32 Å². The normalized spacial score (nSPS) is 14.7. The summed E-state index contributed by atoms with van der Waals surface area (Å²) in [6.45, 7) is 3.68. The molecule has 22 heavy (non-hydrogen) atoms. The number of aryl methyl sites for hydroxylation is 1. The Labute approximate surface area is 131 Å². The number of nitrogens with zero attached hydrogens (tertiary/aromatic N) is 2. The molecule has 2 heterocycles. The van der Waals surface area contributed by atoms with Gasteiger partial charge in [0.05, 0.1) is 11.3 Å². The van der Waals surface area contributed by atoms with Crippen molar-refractivity contribution < 1.29 is 4.79 Å². The molecule has 1 aromatic carbocycles. The molecule has 0 saturated carbocycles. The van der Waals surface area contributed by atoms with Crippen LogP contribution in [0.1, 0.15) is 35.3 Å². The highest BCUT2D eigenvalue weighted by atomic mass is 16.2. The van der Waals surface area contributed by atoms with Gasteiger partial charge in [0.15, 0.2) is 0 Å². The lowest BCUT2D eigenvalue weighted by atomic mass is 10.1. The largest absolute Gasteiger partial charge is 0.355 e. The second kappa shape index (κ2) is 6.60. The van der Waals surface area contributed by atoms with Gasteiger partial charge in [0.2, 0.25) is 0 Å². The van der Waals surface area contributed by atoms with Crippen LogP contribution in [0.25, 0.3) is 0 Å². The van der Waals surface area contributed by atoms with Gasteiger partial charge in [0.1, 0.15) is 0 Å². The zero-order valence-electron chi connectivity index (χ0n) is 12.9. The van der Waals surface area contributed by atoms with Gasteiger partial charge in [-0.25, -0.2) is 0 Å². The Bertz CT molecular complexity index is 663. The molecule has 0 radical (unpaired) electrons. The second-order valence-corrected chi connectivity index (χ2v) is 5.71. The molecule has 1 amide bonds. The Hall–Kier alpha value is -2.36. The molecule has 0 aliphatic carbocycles. The molecule has 1 aliphatic heterocycles. The van der Waals surface area contributed by atoms with Crippen molar-refractivity contribution in [2.75, 3.05) is 18.4 Å². The van der Waals surface area contributed by atoms with E-state index in [2.05, 4.69) is 10.3 Å². The molecule has 0 unspecified atom stereocenters. The molecule has 1 saturated heterocycles. The van der Waals surface area contributed by atoms with Crippen molar-refractivity contribution >= 4 is 17.3 Å². The molecule has 1 aromatic heterocycles. The van der Waals surface area contributed by atoms with E-state index in [1.807, 2.05) is 48.2 Å². The molecular formula is C18H21N3O. The van der Waals surface area contributed by atoms with Crippen LogP contribution in [0.15, 0.2) is 42.6 Å². The number of para-hydroxylation sites is 1. The van der Waals surface area contributed by atoms with Crippen LogP contribution in [-0.4, -0.2) is 28.9 Å². The van der Waals surface area contributed by atoms with Crippen LogP contribution in [0.4, 0.5) is 11.4 Å². The number of amides is 1. The first-order chi connectivity index (χ1) is 10.7. The van der Waals surface area contributed by atoms with Crippen LogP contribution in [0.3, 0.4) is 0 Å². The predicted molar refractivity (Wildman–Crippen MR) is 88.5 cm³/mol. The molecule has 0 atom stereocenters. The summed E-state index contributed by atoms with van der Waals surface area (Å²) in [4.78, 5) is 18.9. The Balaban J connectivity index is 1.84. The van der Waals surface area contributed by atoms with E-state index in [0.717, 1.165) is 48.6 Å². The molecule has 114 valence electrons. The van der Waals surface area contributed by atoms with Crippen molar-refractivity contribution in [3.8, 4) is 0 Å². The van der Waals surface area contributed by atoms with Gasteiger partial charge in [0.25, 0.3) is 5.91 Å². The predicted octanol–water partition coefficient (Wildman–Crippen LogP) is 3.76. The smallest absolute Gasteiger partial charge is 0.255 e. The molecule has 1 N–H and O–H groups in total. The first kappa shape index (κ1) is 14.6. The van der Waals surface area contributed by atoms with E-state index in [9.17, 15) is 4.79 Å². The third-order valence-electron chi connectivity index (χ3n) is 3.98. The summed E-state index contributed by atoms with van der Waals surface area (Å²) in [6.07, 6.45) is 5.20. The monoisotopic (exact) mass is 295 g/mol. The second-order valence-electron chi connectivity index (χ2n) is 5.71. The van der Waals surface area contributed by atoms with Crippen LogP contribution in [0.2, 0.25) is 0 Å². The highest BCUT2D eigenvalue weighted by Gasteiger charge is 2.20. The number of pyridine rings is 1. The van der Waals surface area contributed by atoms with E-state index in [-0.39, 0.29) is 5.91 Å². The number of carbonyl (C=O) groups is 1. The van der Waals surface area contributed by atoms with Crippen molar-refractivity contribution in [3.05, 3.63) is 53.9 Å². The summed E-state index contributed by atoms with van der Waals surface area (Å²) in [7, 11) is 0. The highest BCUT2D eigenvalue weighted by molar-refractivity contribution is 6.00. The van der Waals surface area contributed by atoms with Gasteiger partial charge >= 0.3 is 0 Å². The summed E-state index contributed by atoms with van der Waals surface area (Å²) in [5.41, 5.74) is 3.48. The maximum absolute atomic E-state index is 12.8. The van der Waals surface area contributed by atoms with Crippen LogP contribution >= 0.6 is 0 Å². The minimum absolute atomic E-state index is 0.119. The Morgan fingerprint density at radius 3 is 2.68 bits per heavy atom. The molecule has 1 aliphatic rings. The quantitative estimate of drug-likeness (QED) is 0.937. The zero-order valence-corrected chi connectivity index (χ0v) is 12.9. The third-order valence-corrected chi connectivity index (χ3v) is 3.98. The van der Waals surface area contributed by atoms with E-state index >= 15 is 0 Å². The fourth-order valence-corrected chi connectivity index (χ4v) is 2.82. The first-order valence-corrected chi connectivity index (χ1v) is 7.82. The van der Waals surface area contributed by atoms with E-state index in [1.54, 1.807) is 6.20 Å². The lowest BCUT2D eigenvalue weighted by Crippen LogP contribution is -2.35. The summed E-state index contributed by atoms with van der Waals surface area (Å²) in [5.74, 6) is 0.119. The van der Waals surface area contributed by atoms with Crippen LogP contribution in [0.5, 0.6) is 0 Å². The van der Waals surface area contributed by atoms with Gasteiger partial charge in [-0.2, -0.15) is 0 Å². The van der Waals surface area contributed by atoms with Gasteiger partial charge in [-0.3, -0.25) is 9.78 Å². The minimum atomic E-state index is 0.119. The topological polar surface area (TPSA) is 45.2 Å². The van der Waals surface area contributed by atoms with Gasteiger partial charge in [-0.05, 0) is 50.5 Å². The Kier molecular flexibility index (Phi) is 4.37. The zero-order chi connectivity index (χ0) is 15.4. The number of hydrogen-bond donors (Lipinski definition) is 1. The lowest BCUT2D eigenvalue weighted by molar-refractivity contribution is 0.0725. The number of anilines is 2. The van der Waals surface area contributed by atoms with Crippen LogP contribution in [-0.2, 0) is 0 Å². The minimum Gasteiger partial charge on any atom is -0.355 e. The molecule has 2 aromatic rings. The number of nitrogens with one attached hydrogen (secondary N) is 1. The maximum atomic E-state index is 12.8. The fraction of sp³-hybridized carbons (Fsp3) is 0.333. The van der Waals surface area contributed by atoms with Crippen LogP contribution in [0, 0.1) is 6.92 Å². The molecule has 4 nitrogen and oxygen atoms in total. The molecule has 0 bridgehead atoms. The molecular weight excluding hydrogens is 274 g/mol. The fourth-order valence-electron chi connectivity index (χ4n) is 2.82. The average Bonchev–Trinajstić information content (AvgIpc) is 2.56. The van der Waals surface area contributed by atoms with Gasteiger partial charge in [-0.1, -0.05) is 12.1 Å². The number of hydrogen-bond acceptors (Lipinski definition) is 3. The van der Waals surface area contributed by atoms with E-state index in [4.69, 9.17) is 0 Å². The first-order valence-electron chi connectivity index (χ1n) is 7.82. The number of benzene rings is 1. The maximum Gasteiger partial charge on any atom is 0.255 e. The number of piperidine rings is 1. The standard InChI is InChI=1S/C18H21N3O/c1-14-13-15(9-10-19-14)20-17-8-4-3-7-16(17)18(22)21-11-5-2-6-12-21/h3-4,7-10,13H,2,5-6,11-12H2,1H3,(H,19,20). The number of likely N-dealkylation sites (tertiary alicyclic amines) is 1. The summed E-state index contributed by atoms with van der Waals surface area (Å²) in [5, 5.41) is 3.35. The highest BCUT2D eigenvalue weighted by Crippen LogP contribution is 2.23. The molecule has 3 rings (SSSR count). The van der Waals surface area contributed by atoms with Gasteiger partial charge in [-0.15, -0.1) is 0 Å². The lowest BCUT2D eigenvalue weighted by Gasteiger charge is -2.27.